The van der Waals surface area contributed by atoms with Crippen molar-refractivity contribution in [1.82, 2.24) is 4.90 Å². The predicted octanol–water partition coefficient (Wildman–Crippen LogP) is 0.0393. The van der Waals surface area contributed by atoms with Crippen LogP contribution in [-0.4, -0.2) is 48.8 Å². The average Bonchev–Trinajstić information content (AvgIpc) is 2.49. The fourth-order valence-corrected chi connectivity index (χ4v) is 2.27. The zero-order valence-electron chi connectivity index (χ0n) is 7.61. The van der Waals surface area contributed by atoms with Crippen LogP contribution in [0, 0.1) is 11.8 Å². The Labute approximate surface area is 77.5 Å². The van der Waals surface area contributed by atoms with Crippen LogP contribution in [0.4, 0.5) is 0 Å². The van der Waals surface area contributed by atoms with Gasteiger partial charge in [-0.15, -0.1) is 0 Å². The zero-order valence-corrected chi connectivity index (χ0v) is 7.61. The molecular weight excluding hydrogens is 170 g/mol. The van der Waals surface area contributed by atoms with Crippen LogP contribution in [0.5, 0.6) is 0 Å². The molecule has 2 fully saturated rings. The van der Waals surface area contributed by atoms with Gasteiger partial charge in [0.15, 0.2) is 0 Å². The van der Waals surface area contributed by atoms with Crippen LogP contribution in [0.1, 0.15) is 6.42 Å². The van der Waals surface area contributed by atoms with Crippen LogP contribution >= 0.6 is 0 Å². The summed E-state index contributed by atoms with van der Waals surface area (Å²) in [5.74, 6) is 0.538. The van der Waals surface area contributed by atoms with Gasteiger partial charge in [0.25, 0.3) is 0 Å². The van der Waals surface area contributed by atoms with Crippen LogP contribution in [0.15, 0.2) is 0 Å². The van der Waals surface area contributed by atoms with Gasteiger partial charge in [0.2, 0.25) is 0 Å². The Morgan fingerprint density at radius 3 is 3.00 bits per heavy atom. The molecule has 13 heavy (non-hydrogen) atoms. The quantitative estimate of drug-likeness (QED) is 0.660. The van der Waals surface area contributed by atoms with Gasteiger partial charge in [-0.1, -0.05) is 0 Å². The summed E-state index contributed by atoms with van der Waals surface area (Å²) in [6, 6.07) is 0. The average molecular weight is 185 g/mol. The number of rotatable bonds is 2. The fourth-order valence-electron chi connectivity index (χ4n) is 2.27. The Balaban J connectivity index is 1.86. The number of carbonyl (C=O) groups is 1. The topological polar surface area (TPSA) is 49.8 Å². The number of piperidine rings is 1. The molecule has 0 aromatic heterocycles. The van der Waals surface area contributed by atoms with Crippen molar-refractivity contribution in [2.24, 2.45) is 11.8 Å². The highest BCUT2D eigenvalue weighted by Gasteiger charge is 2.33. The minimum atomic E-state index is -0.725. The molecule has 2 saturated heterocycles. The molecule has 0 amide bonds. The molecule has 1 N–H and O–H groups in total. The van der Waals surface area contributed by atoms with Crippen molar-refractivity contribution in [3.05, 3.63) is 0 Å². The first-order valence-electron chi connectivity index (χ1n) is 4.77. The second-order valence-electron chi connectivity index (χ2n) is 3.98. The Morgan fingerprint density at radius 2 is 2.23 bits per heavy atom. The van der Waals surface area contributed by atoms with Crippen LogP contribution in [-0.2, 0) is 9.53 Å². The molecule has 4 nitrogen and oxygen atoms in total. The molecule has 74 valence electrons. The molecule has 0 bridgehead atoms. The van der Waals surface area contributed by atoms with Gasteiger partial charge in [-0.05, 0) is 18.9 Å². The maximum absolute atomic E-state index is 10.5. The lowest BCUT2D eigenvalue weighted by Crippen LogP contribution is -2.42. The van der Waals surface area contributed by atoms with E-state index in [1.165, 1.54) is 0 Å². The molecule has 0 radical (unpaired) electrons. The van der Waals surface area contributed by atoms with Crippen molar-refractivity contribution in [3.63, 3.8) is 0 Å². The van der Waals surface area contributed by atoms with E-state index in [1.54, 1.807) is 0 Å². The van der Waals surface area contributed by atoms with Crippen LogP contribution in [0.2, 0.25) is 0 Å². The summed E-state index contributed by atoms with van der Waals surface area (Å²) in [4.78, 5) is 12.5. The molecule has 4 heteroatoms. The second kappa shape index (κ2) is 3.64. The number of fused-ring (bicyclic) bond motifs is 1. The minimum absolute atomic E-state index is 0.184. The number of nitrogens with zero attached hydrogens (tertiary/aromatic N) is 1. The van der Waals surface area contributed by atoms with Gasteiger partial charge < -0.3 is 9.84 Å². The summed E-state index contributed by atoms with van der Waals surface area (Å²) in [5, 5.41) is 8.63. The SMILES string of the molecule is O=C(O)CN1CCC2COCC2C1. The van der Waals surface area contributed by atoms with Crippen molar-refractivity contribution in [3.8, 4) is 0 Å². The normalized spacial score (nSPS) is 34.5. The van der Waals surface area contributed by atoms with Crippen molar-refractivity contribution in [2.75, 3.05) is 32.8 Å². The van der Waals surface area contributed by atoms with Crippen molar-refractivity contribution < 1.29 is 14.6 Å². The maximum atomic E-state index is 10.5. The molecule has 0 aromatic carbocycles. The molecule has 0 saturated carbocycles. The molecule has 2 aliphatic heterocycles. The molecule has 2 rings (SSSR count). The van der Waals surface area contributed by atoms with Crippen molar-refractivity contribution in [1.29, 1.82) is 0 Å². The fraction of sp³-hybridized carbons (Fsp3) is 0.889. The smallest absolute Gasteiger partial charge is 0.317 e. The first kappa shape index (κ1) is 8.97. The third kappa shape index (κ3) is 2.00. The number of carboxylic acids is 1. The van der Waals surface area contributed by atoms with Gasteiger partial charge in [-0.2, -0.15) is 0 Å². The summed E-state index contributed by atoms with van der Waals surface area (Å²) in [6.07, 6.45) is 1.10. The lowest BCUT2D eigenvalue weighted by atomic mass is 9.89. The highest BCUT2D eigenvalue weighted by atomic mass is 16.5. The molecule has 2 heterocycles. The zero-order chi connectivity index (χ0) is 9.26. The van der Waals surface area contributed by atoms with E-state index in [1.807, 2.05) is 4.90 Å². The number of likely N-dealkylation sites (tertiary alicyclic amines) is 1. The lowest BCUT2D eigenvalue weighted by molar-refractivity contribution is -0.138. The summed E-state index contributed by atoms with van der Waals surface area (Å²) in [7, 11) is 0. The predicted molar refractivity (Wildman–Crippen MR) is 46.5 cm³/mol. The molecule has 0 spiro atoms. The number of hydrogen-bond acceptors (Lipinski definition) is 3. The summed E-state index contributed by atoms with van der Waals surface area (Å²) in [5.41, 5.74) is 0. The third-order valence-corrected chi connectivity index (χ3v) is 3.00. The Hall–Kier alpha value is -0.610. The van der Waals surface area contributed by atoms with E-state index >= 15 is 0 Å². The Morgan fingerprint density at radius 1 is 1.46 bits per heavy atom. The van der Waals surface area contributed by atoms with Gasteiger partial charge in [-0.25, -0.2) is 0 Å². The number of carboxylic acid groups (broad SMARTS) is 1. The van der Waals surface area contributed by atoms with E-state index < -0.39 is 5.97 Å². The monoisotopic (exact) mass is 185 g/mol. The van der Waals surface area contributed by atoms with E-state index in [0.29, 0.717) is 11.8 Å². The Kier molecular flexibility index (Phi) is 2.51. The lowest BCUT2D eigenvalue weighted by Gasteiger charge is -2.32. The van der Waals surface area contributed by atoms with Crippen molar-refractivity contribution in [2.45, 2.75) is 6.42 Å². The first-order chi connectivity index (χ1) is 6.25. The molecular formula is C9H15NO3. The van der Waals surface area contributed by atoms with Crippen LogP contribution in [0.3, 0.4) is 0 Å². The highest BCUT2D eigenvalue weighted by Crippen LogP contribution is 2.28. The van der Waals surface area contributed by atoms with Gasteiger partial charge >= 0.3 is 5.97 Å². The number of aliphatic carboxylic acids is 1. The van der Waals surface area contributed by atoms with Crippen molar-refractivity contribution >= 4 is 5.97 Å². The van der Waals surface area contributed by atoms with Crippen LogP contribution < -0.4 is 0 Å². The Bertz CT molecular complexity index is 207. The molecule has 0 aliphatic carbocycles. The summed E-state index contributed by atoms with van der Waals surface area (Å²) >= 11 is 0. The molecule has 0 aromatic rings. The van der Waals surface area contributed by atoms with Crippen LogP contribution in [0.25, 0.3) is 0 Å². The standard InChI is InChI=1S/C9H15NO3/c11-9(12)4-10-2-1-7-5-13-6-8(7)3-10/h7-8H,1-6H2,(H,11,12). The minimum Gasteiger partial charge on any atom is -0.480 e. The first-order valence-corrected chi connectivity index (χ1v) is 4.77. The van der Waals surface area contributed by atoms with Gasteiger partial charge in [0, 0.05) is 19.1 Å². The van der Waals surface area contributed by atoms with Gasteiger partial charge in [-0.3, -0.25) is 9.69 Å². The number of ether oxygens (including phenoxy) is 1. The molecule has 2 aliphatic rings. The largest absolute Gasteiger partial charge is 0.480 e. The van der Waals surface area contributed by atoms with E-state index in [9.17, 15) is 4.79 Å². The molecule has 2 atom stereocenters. The highest BCUT2D eigenvalue weighted by molar-refractivity contribution is 5.69. The van der Waals surface area contributed by atoms with Gasteiger partial charge in [0.05, 0.1) is 13.2 Å². The second-order valence-corrected chi connectivity index (χ2v) is 3.98. The van der Waals surface area contributed by atoms with E-state index in [-0.39, 0.29) is 6.54 Å². The maximum Gasteiger partial charge on any atom is 0.317 e. The van der Waals surface area contributed by atoms with E-state index in [4.69, 9.17) is 9.84 Å². The number of hydrogen-bond donors (Lipinski definition) is 1. The summed E-state index contributed by atoms with van der Waals surface area (Å²) in [6.45, 7) is 3.70. The van der Waals surface area contributed by atoms with E-state index in [2.05, 4.69) is 0 Å². The third-order valence-electron chi connectivity index (χ3n) is 3.00. The van der Waals surface area contributed by atoms with E-state index in [0.717, 1.165) is 32.7 Å². The summed E-state index contributed by atoms with van der Waals surface area (Å²) < 4.78 is 5.37. The van der Waals surface area contributed by atoms with Gasteiger partial charge in [0.1, 0.15) is 0 Å². The molecule has 2 unspecified atom stereocenters.